The van der Waals surface area contributed by atoms with E-state index in [4.69, 9.17) is 5.11 Å². The second-order valence-electron chi connectivity index (χ2n) is 5.57. The second kappa shape index (κ2) is 5.07. The average molecular weight is 305 g/mol. The molecule has 2 aromatic heterocycles. The summed E-state index contributed by atoms with van der Waals surface area (Å²) in [5.41, 5.74) is 5.19. The molecule has 0 aliphatic carbocycles. The van der Waals surface area contributed by atoms with E-state index >= 15 is 0 Å². The number of nitrogens with zero attached hydrogens (tertiary/aromatic N) is 1. The number of benzene rings is 2. The summed E-state index contributed by atoms with van der Waals surface area (Å²) in [4.78, 5) is 22.9. The molecular weight excluding hydrogens is 290 g/mol. The van der Waals surface area contributed by atoms with E-state index < -0.39 is 6.61 Å². The predicted octanol–water partition coefficient (Wildman–Crippen LogP) is 3.19. The summed E-state index contributed by atoms with van der Waals surface area (Å²) in [7, 11) is 0. The number of fused-ring (bicyclic) bond motifs is 2. The molecule has 2 heterocycles. The van der Waals surface area contributed by atoms with Crippen molar-refractivity contribution in [1.82, 2.24) is 15.0 Å². The highest BCUT2D eigenvalue weighted by molar-refractivity contribution is 6.01. The van der Waals surface area contributed by atoms with Crippen molar-refractivity contribution in [3.05, 3.63) is 53.7 Å². The Balaban J connectivity index is 1.91. The fourth-order valence-electron chi connectivity index (χ4n) is 2.97. The molecule has 114 valence electrons. The van der Waals surface area contributed by atoms with E-state index in [9.17, 15) is 4.79 Å². The summed E-state index contributed by atoms with van der Waals surface area (Å²) < 4.78 is 0. The number of nitrogens with one attached hydrogen (secondary N) is 2. The number of rotatable bonds is 3. The van der Waals surface area contributed by atoms with E-state index in [0.29, 0.717) is 5.56 Å². The van der Waals surface area contributed by atoms with Gasteiger partial charge < -0.3 is 15.1 Å². The quantitative estimate of drug-likeness (QED) is 0.508. The first-order valence-corrected chi connectivity index (χ1v) is 7.39. The number of para-hydroxylation sites is 1. The van der Waals surface area contributed by atoms with E-state index in [1.54, 1.807) is 18.2 Å². The van der Waals surface area contributed by atoms with Gasteiger partial charge in [0.05, 0.1) is 11.0 Å². The molecule has 0 spiro atoms. The third-order valence-electron chi connectivity index (χ3n) is 4.08. The smallest absolute Gasteiger partial charge is 0.188 e. The Morgan fingerprint density at radius 1 is 1.13 bits per heavy atom. The standard InChI is InChI=1S/C18H15N3O2/c1-10-17(12-4-2-3-5-13(12)19-10)18-20-14-7-6-11(16(23)9-22)8-15(14)21-18/h2-8,19,22H,9H2,1H3,(H,20,21). The fraction of sp³-hybridized carbons (Fsp3) is 0.111. The Morgan fingerprint density at radius 2 is 1.96 bits per heavy atom. The minimum atomic E-state index is -0.492. The van der Waals surface area contributed by atoms with Gasteiger partial charge in [0.25, 0.3) is 0 Å². The first kappa shape index (κ1) is 13.7. The van der Waals surface area contributed by atoms with Gasteiger partial charge in [-0.1, -0.05) is 18.2 Å². The number of carbonyl (C=O) groups is 1. The lowest BCUT2D eigenvalue weighted by Crippen LogP contribution is -2.03. The zero-order chi connectivity index (χ0) is 16.0. The maximum absolute atomic E-state index is 11.6. The van der Waals surface area contributed by atoms with Crippen LogP contribution in [-0.2, 0) is 0 Å². The highest BCUT2D eigenvalue weighted by Crippen LogP contribution is 2.31. The maximum Gasteiger partial charge on any atom is 0.188 e. The molecule has 0 fully saturated rings. The molecule has 0 atom stereocenters. The van der Waals surface area contributed by atoms with Gasteiger partial charge in [0.2, 0.25) is 0 Å². The number of aliphatic hydroxyl groups excluding tert-OH is 1. The predicted molar refractivity (Wildman–Crippen MR) is 89.5 cm³/mol. The van der Waals surface area contributed by atoms with Crippen LogP contribution in [0.3, 0.4) is 0 Å². The van der Waals surface area contributed by atoms with Crippen LogP contribution in [0.5, 0.6) is 0 Å². The van der Waals surface area contributed by atoms with Crippen LogP contribution < -0.4 is 0 Å². The molecule has 0 bridgehead atoms. The van der Waals surface area contributed by atoms with E-state index in [-0.39, 0.29) is 5.78 Å². The Kier molecular flexibility index (Phi) is 3.02. The Bertz CT molecular complexity index is 1040. The van der Waals surface area contributed by atoms with Gasteiger partial charge in [0, 0.05) is 27.7 Å². The molecule has 4 aromatic rings. The van der Waals surface area contributed by atoms with E-state index in [2.05, 4.69) is 21.0 Å². The van der Waals surface area contributed by atoms with Gasteiger partial charge in [-0.25, -0.2) is 4.98 Å². The third kappa shape index (κ3) is 2.13. The van der Waals surface area contributed by atoms with Crippen LogP contribution in [0.2, 0.25) is 0 Å². The number of aryl methyl sites for hydroxylation is 1. The van der Waals surface area contributed by atoms with Crippen LogP contribution in [0.1, 0.15) is 16.1 Å². The summed E-state index contributed by atoms with van der Waals surface area (Å²) in [5, 5.41) is 10.1. The number of imidazole rings is 1. The summed E-state index contributed by atoms with van der Waals surface area (Å²) in [5.74, 6) is 0.467. The lowest BCUT2D eigenvalue weighted by molar-refractivity contribution is 0.0904. The number of aromatic nitrogens is 3. The topological polar surface area (TPSA) is 81.8 Å². The number of hydrogen-bond acceptors (Lipinski definition) is 3. The molecule has 0 unspecified atom stereocenters. The molecule has 0 radical (unpaired) electrons. The fourth-order valence-corrected chi connectivity index (χ4v) is 2.97. The minimum Gasteiger partial charge on any atom is -0.388 e. The van der Waals surface area contributed by atoms with E-state index in [0.717, 1.165) is 39.0 Å². The van der Waals surface area contributed by atoms with Crippen molar-refractivity contribution < 1.29 is 9.90 Å². The van der Waals surface area contributed by atoms with Crippen molar-refractivity contribution in [3.63, 3.8) is 0 Å². The molecule has 3 N–H and O–H groups in total. The van der Waals surface area contributed by atoms with Crippen molar-refractivity contribution >= 4 is 27.7 Å². The Hall–Kier alpha value is -2.92. The highest BCUT2D eigenvalue weighted by Gasteiger charge is 2.15. The largest absolute Gasteiger partial charge is 0.388 e. The van der Waals surface area contributed by atoms with Gasteiger partial charge in [0.15, 0.2) is 5.78 Å². The van der Waals surface area contributed by atoms with Crippen LogP contribution in [0.25, 0.3) is 33.3 Å². The molecule has 0 saturated carbocycles. The molecule has 2 aromatic carbocycles. The summed E-state index contributed by atoms with van der Waals surface area (Å²) in [6.07, 6.45) is 0. The summed E-state index contributed by atoms with van der Waals surface area (Å²) in [6.45, 7) is 1.53. The number of aliphatic hydroxyl groups is 1. The number of hydrogen-bond donors (Lipinski definition) is 3. The molecule has 0 saturated heterocycles. The number of Topliss-reactive ketones (excluding diaryl/α,β-unsaturated/α-hetero) is 1. The van der Waals surface area contributed by atoms with Crippen LogP contribution in [0, 0.1) is 6.92 Å². The lowest BCUT2D eigenvalue weighted by Gasteiger charge is -1.96. The first-order chi connectivity index (χ1) is 11.2. The molecule has 0 aliphatic rings. The van der Waals surface area contributed by atoms with Crippen LogP contribution in [-0.4, -0.2) is 32.4 Å². The maximum atomic E-state index is 11.6. The summed E-state index contributed by atoms with van der Waals surface area (Å²) >= 11 is 0. The molecule has 5 nitrogen and oxygen atoms in total. The molecule has 5 heteroatoms. The molecule has 0 amide bonds. The number of ketones is 1. The van der Waals surface area contributed by atoms with Crippen LogP contribution in [0.4, 0.5) is 0 Å². The molecule has 4 rings (SSSR count). The third-order valence-corrected chi connectivity index (χ3v) is 4.08. The monoisotopic (exact) mass is 305 g/mol. The lowest BCUT2D eigenvalue weighted by atomic mass is 10.1. The first-order valence-electron chi connectivity index (χ1n) is 7.39. The van der Waals surface area contributed by atoms with Gasteiger partial charge in [-0.15, -0.1) is 0 Å². The Labute approximate surface area is 132 Å². The molecular formula is C18H15N3O2. The van der Waals surface area contributed by atoms with Gasteiger partial charge in [-0.3, -0.25) is 4.79 Å². The highest BCUT2D eigenvalue weighted by atomic mass is 16.3. The Morgan fingerprint density at radius 3 is 2.78 bits per heavy atom. The SMILES string of the molecule is Cc1[nH]c2ccccc2c1-c1nc2ccc(C(=O)CO)cc2[nH]1. The zero-order valence-corrected chi connectivity index (χ0v) is 12.6. The second-order valence-corrected chi connectivity index (χ2v) is 5.57. The van der Waals surface area contributed by atoms with Gasteiger partial charge in [0.1, 0.15) is 12.4 Å². The minimum absolute atomic E-state index is 0.300. The number of carbonyl (C=O) groups excluding carboxylic acids is 1. The van der Waals surface area contributed by atoms with Crippen LogP contribution >= 0.6 is 0 Å². The summed E-state index contributed by atoms with van der Waals surface area (Å²) in [6, 6.07) is 13.3. The molecule has 23 heavy (non-hydrogen) atoms. The van der Waals surface area contributed by atoms with Gasteiger partial charge in [-0.05, 0) is 31.2 Å². The van der Waals surface area contributed by atoms with E-state index in [1.165, 1.54) is 0 Å². The zero-order valence-electron chi connectivity index (χ0n) is 12.6. The van der Waals surface area contributed by atoms with Crippen molar-refractivity contribution in [1.29, 1.82) is 0 Å². The number of aromatic amines is 2. The average Bonchev–Trinajstić information content (AvgIpc) is 3.12. The van der Waals surface area contributed by atoms with Gasteiger partial charge >= 0.3 is 0 Å². The normalized spacial score (nSPS) is 11.4. The molecule has 0 aliphatic heterocycles. The van der Waals surface area contributed by atoms with Crippen molar-refractivity contribution in [2.75, 3.05) is 6.61 Å². The number of H-pyrrole nitrogens is 2. The van der Waals surface area contributed by atoms with Gasteiger partial charge in [-0.2, -0.15) is 0 Å². The van der Waals surface area contributed by atoms with Crippen molar-refractivity contribution in [3.8, 4) is 11.4 Å². The van der Waals surface area contributed by atoms with Crippen LogP contribution in [0.15, 0.2) is 42.5 Å². The van der Waals surface area contributed by atoms with Crippen molar-refractivity contribution in [2.24, 2.45) is 0 Å². The van der Waals surface area contributed by atoms with Crippen molar-refractivity contribution in [2.45, 2.75) is 6.92 Å². The van der Waals surface area contributed by atoms with E-state index in [1.807, 2.05) is 25.1 Å².